The van der Waals surface area contributed by atoms with Gasteiger partial charge < -0.3 is 0 Å². The first kappa shape index (κ1) is 23.8. The van der Waals surface area contributed by atoms with Gasteiger partial charge in [0, 0.05) is 17.7 Å². The lowest BCUT2D eigenvalue weighted by Gasteiger charge is -2.21. The molecule has 5 aromatic carbocycles. The standard InChI is InChI=1S/C34H24N4O2S/c1-2-32-35-27-12-8-14-31-33(27)38(32)29-21-24(19-20-30(29)41(31,39)40)22-15-17-23(18-16-22)34-36-26-11-6-7-13-28(26)37(34)25-9-4-3-5-10-25/h3-21H,2H2,1H3. The molecule has 0 unspecified atom stereocenters. The van der Waals surface area contributed by atoms with Crippen LogP contribution in [0.3, 0.4) is 0 Å². The Kier molecular flexibility index (Phi) is 5.09. The molecule has 6 nitrogen and oxygen atoms in total. The second-order valence-corrected chi connectivity index (χ2v) is 12.1. The third-order valence-electron chi connectivity index (χ3n) is 7.86. The lowest BCUT2D eigenvalue weighted by molar-refractivity contribution is 0.594. The van der Waals surface area contributed by atoms with Crippen LogP contribution in [0.15, 0.2) is 125 Å². The lowest BCUT2D eigenvalue weighted by Crippen LogP contribution is -2.15. The van der Waals surface area contributed by atoms with E-state index in [0.29, 0.717) is 32.9 Å². The largest absolute Gasteiger partial charge is 0.294 e. The Labute approximate surface area is 237 Å². The Hall–Kier alpha value is -5.01. The molecule has 0 fully saturated rings. The van der Waals surface area contributed by atoms with Crippen molar-refractivity contribution in [1.29, 1.82) is 0 Å². The average molecular weight is 553 g/mol. The number of fused-ring (bicyclic) bond motifs is 3. The fourth-order valence-electron chi connectivity index (χ4n) is 5.94. The van der Waals surface area contributed by atoms with Gasteiger partial charge in [-0.15, -0.1) is 0 Å². The number of hydrogen-bond donors (Lipinski definition) is 0. The Morgan fingerprint density at radius 2 is 1.34 bits per heavy atom. The van der Waals surface area contributed by atoms with E-state index < -0.39 is 9.84 Å². The van der Waals surface area contributed by atoms with E-state index >= 15 is 0 Å². The molecule has 8 rings (SSSR count). The van der Waals surface area contributed by atoms with Crippen molar-refractivity contribution in [3.8, 4) is 33.9 Å². The van der Waals surface area contributed by atoms with E-state index in [9.17, 15) is 8.42 Å². The highest BCUT2D eigenvalue weighted by molar-refractivity contribution is 7.92. The van der Waals surface area contributed by atoms with Crippen molar-refractivity contribution < 1.29 is 8.42 Å². The van der Waals surface area contributed by atoms with Crippen LogP contribution in [0.2, 0.25) is 0 Å². The summed E-state index contributed by atoms with van der Waals surface area (Å²) >= 11 is 0. The topological polar surface area (TPSA) is 69.8 Å². The van der Waals surface area contributed by atoms with Gasteiger partial charge in [-0.05, 0) is 59.7 Å². The molecule has 0 amide bonds. The van der Waals surface area contributed by atoms with Gasteiger partial charge in [0.05, 0.1) is 37.5 Å². The number of imidazole rings is 2. The fourth-order valence-corrected chi connectivity index (χ4v) is 7.56. The summed E-state index contributed by atoms with van der Waals surface area (Å²) in [7, 11) is -3.66. The van der Waals surface area contributed by atoms with Crippen molar-refractivity contribution in [2.75, 3.05) is 0 Å². The molecular weight excluding hydrogens is 528 g/mol. The lowest BCUT2D eigenvalue weighted by atomic mass is 10.0. The van der Waals surface area contributed by atoms with Crippen LogP contribution >= 0.6 is 0 Å². The monoisotopic (exact) mass is 552 g/mol. The van der Waals surface area contributed by atoms with E-state index in [4.69, 9.17) is 9.97 Å². The number of rotatable bonds is 4. The van der Waals surface area contributed by atoms with Crippen LogP contribution in [0.5, 0.6) is 0 Å². The molecule has 0 saturated heterocycles. The van der Waals surface area contributed by atoms with E-state index in [1.165, 1.54) is 0 Å². The first-order chi connectivity index (χ1) is 20.0. The van der Waals surface area contributed by atoms with Gasteiger partial charge >= 0.3 is 0 Å². The van der Waals surface area contributed by atoms with Crippen molar-refractivity contribution in [2.24, 2.45) is 0 Å². The van der Waals surface area contributed by atoms with Gasteiger partial charge in [0.2, 0.25) is 9.84 Å². The van der Waals surface area contributed by atoms with Gasteiger partial charge in [-0.25, -0.2) is 18.4 Å². The van der Waals surface area contributed by atoms with Gasteiger partial charge in [-0.1, -0.05) is 73.7 Å². The molecule has 198 valence electrons. The Morgan fingerprint density at radius 1 is 0.634 bits per heavy atom. The zero-order chi connectivity index (χ0) is 27.7. The van der Waals surface area contributed by atoms with Crippen LogP contribution in [-0.2, 0) is 16.3 Å². The fraction of sp³-hybridized carbons (Fsp3) is 0.0588. The van der Waals surface area contributed by atoms with Gasteiger partial charge in [-0.2, -0.15) is 0 Å². The minimum atomic E-state index is -3.66. The normalized spacial score (nSPS) is 13.5. The molecule has 0 atom stereocenters. The van der Waals surface area contributed by atoms with Crippen LogP contribution in [0.1, 0.15) is 12.7 Å². The quantitative estimate of drug-likeness (QED) is 0.228. The van der Waals surface area contributed by atoms with E-state index in [-0.39, 0.29) is 0 Å². The highest BCUT2D eigenvalue weighted by Crippen LogP contribution is 2.41. The SMILES string of the molecule is CCc1nc2cccc3c2n1-c1cc(-c2ccc(-c4nc5ccccc5n4-c4ccccc4)cc2)ccc1S3(=O)=O. The van der Waals surface area contributed by atoms with Gasteiger partial charge in [-0.3, -0.25) is 9.13 Å². The number of aryl methyl sites for hydroxylation is 1. The first-order valence-corrected chi connectivity index (χ1v) is 15.1. The summed E-state index contributed by atoms with van der Waals surface area (Å²) in [5.41, 5.74) is 7.96. The predicted octanol–water partition coefficient (Wildman–Crippen LogP) is 7.41. The van der Waals surface area contributed by atoms with Crippen LogP contribution in [0.4, 0.5) is 0 Å². The molecule has 1 aliphatic rings. The Morgan fingerprint density at radius 3 is 2.15 bits per heavy atom. The highest BCUT2D eigenvalue weighted by Gasteiger charge is 2.33. The van der Waals surface area contributed by atoms with Crippen LogP contribution < -0.4 is 0 Å². The molecule has 1 aliphatic heterocycles. The molecule has 2 aromatic heterocycles. The summed E-state index contributed by atoms with van der Waals surface area (Å²) in [6.45, 7) is 2.04. The Bertz CT molecular complexity index is 2250. The maximum absolute atomic E-state index is 13.6. The molecule has 0 aliphatic carbocycles. The molecule has 0 radical (unpaired) electrons. The summed E-state index contributed by atoms with van der Waals surface area (Å²) in [5, 5.41) is 0. The molecule has 0 saturated carbocycles. The third-order valence-corrected chi connectivity index (χ3v) is 9.69. The number of hydrogen-bond acceptors (Lipinski definition) is 4. The molecule has 7 heteroatoms. The van der Waals surface area contributed by atoms with Crippen molar-refractivity contribution >= 4 is 31.9 Å². The molecule has 3 heterocycles. The minimum Gasteiger partial charge on any atom is -0.294 e. The second-order valence-electron chi connectivity index (χ2n) is 10.2. The Balaban J connectivity index is 1.26. The summed E-state index contributed by atoms with van der Waals surface area (Å²) in [5.74, 6) is 1.71. The minimum absolute atomic E-state index is 0.308. The molecule has 41 heavy (non-hydrogen) atoms. The number of benzene rings is 5. The van der Waals surface area contributed by atoms with Gasteiger partial charge in [0.25, 0.3) is 0 Å². The predicted molar refractivity (Wildman–Crippen MR) is 161 cm³/mol. The van der Waals surface area contributed by atoms with Crippen LogP contribution in [0.25, 0.3) is 56.0 Å². The second kappa shape index (κ2) is 8.74. The van der Waals surface area contributed by atoms with Crippen molar-refractivity contribution in [2.45, 2.75) is 23.1 Å². The summed E-state index contributed by atoms with van der Waals surface area (Å²) in [6.07, 6.45) is 0.689. The van der Waals surface area contributed by atoms with Crippen molar-refractivity contribution in [1.82, 2.24) is 19.1 Å². The maximum Gasteiger partial charge on any atom is 0.210 e. The summed E-state index contributed by atoms with van der Waals surface area (Å²) in [6, 6.07) is 37.6. The number of para-hydroxylation sites is 4. The van der Waals surface area contributed by atoms with E-state index in [1.807, 2.05) is 66.1 Å². The van der Waals surface area contributed by atoms with Crippen LogP contribution in [-0.4, -0.2) is 27.5 Å². The van der Waals surface area contributed by atoms with Gasteiger partial charge in [0.15, 0.2) is 0 Å². The molecule has 0 bridgehead atoms. The first-order valence-electron chi connectivity index (χ1n) is 13.6. The number of sulfone groups is 1. The molecule has 7 aromatic rings. The number of aromatic nitrogens is 4. The maximum atomic E-state index is 13.6. The summed E-state index contributed by atoms with van der Waals surface area (Å²) < 4.78 is 31.4. The summed E-state index contributed by atoms with van der Waals surface area (Å²) in [4.78, 5) is 10.4. The third kappa shape index (κ3) is 3.45. The zero-order valence-corrected chi connectivity index (χ0v) is 23.0. The van der Waals surface area contributed by atoms with Crippen LogP contribution in [0, 0.1) is 0 Å². The van der Waals surface area contributed by atoms with Gasteiger partial charge in [0.1, 0.15) is 11.6 Å². The van der Waals surface area contributed by atoms with Crippen molar-refractivity contribution in [3.05, 3.63) is 121 Å². The van der Waals surface area contributed by atoms with E-state index in [0.717, 1.165) is 45.1 Å². The molecular formula is C34H24N4O2S. The highest BCUT2D eigenvalue weighted by atomic mass is 32.2. The smallest absolute Gasteiger partial charge is 0.210 e. The average Bonchev–Trinajstić information content (AvgIpc) is 3.59. The zero-order valence-electron chi connectivity index (χ0n) is 22.2. The van der Waals surface area contributed by atoms with Crippen molar-refractivity contribution in [3.63, 3.8) is 0 Å². The molecule has 0 N–H and O–H groups in total. The van der Waals surface area contributed by atoms with E-state index in [2.05, 4.69) is 47.0 Å². The van der Waals surface area contributed by atoms with E-state index in [1.54, 1.807) is 18.2 Å². The molecule has 0 spiro atoms. The number of nitrogens with zero attached hydrogens (tertiary/aromatic N) is 4.